The number of carbonyl (C=O) groups is 1. The molecule has 128 valence electrons. The van der Waals surface area contributed by atoms with Gasteiger partial charge in [-0.25, -0.2) is 4.79 Å². The molecule has 1 aliphatic carbocycles. The summed E-state index contributed by atoms with van der Waals surface area (Å²) < 4.78 is 5.29. The van der Waals surface area contributed by atoms with Crippen LogP contribution in [0.15, 0.2) is 70.0 Å². The Morgan fingerprint density at radius 1 is 0.962 bits per heavy atom. The number of rotatable bonds is 2. The number of fused-ring (bicyclic) bond motifs is 2. The average Bonchev–Trinajstić information content (AvgIpc) is 2.67. The Balaban J connectivity index is 1.85. The van der Waals surface area contributed by atoms with E-state index in [0.29, 0.717) is 11.3 Å². The van der Waals surface area contributed by atoms with Crippen molar-refractivity contribution in [2.24, 2.45) is 0 Å². The molecular formula is C22H17NO3. The van der Waals surface area contributed by atoms with Crippen molar-refractivity contribution < 1.29 is 9.21 Å². The molecule has 0 fully saturated rings. The van der Waals surface area contributed by atoms with Crippen LogP contribution in [0, 0.1) is 0 Å². The number of carbonyl (C=O) groups excluding carboxylic acids is 1. The molecule has 26 heavy (non-hydrogen) atoms. The van der Waals surface area contributed by atoms with Gasteiger partial charge >= 0.3 is 5.63 Å². The number of hydrogen-bond acceptors (Lipinski definition) is 4. The second-order valence-corrected chi connectivity index (χ2v) is 6.06. The van der Waals surface area contributed by atoms with Crippen LogP contribution in [0.4, 0.5) is 0 Å². The predicted molar refractivity (Wildman–Crippen MR) is 103 cm³/mol. The van der Waals surface area contributed by atoms with Crippen LogP contribution in [0.3, 0.4) is 0 Å². The first kappa shape index (κ1) is 16.1. The fraction of sp³-hybridized carbons (Fsp3) is 0.0909. The van der Waals surface area contributed by atoms with Gasteiger partial charge in [0.1, 0.15) is 5.76 Å². The molecule has 0 unspecified atom stereocenters. The van der Waals surface area contributed by atoms with Gasteiger partial charge in [0, 0.05) is 35.6 Å². The zero-order valence-electron chi connectivity index (χ0n) is 14.3. The van der Waals surface area contributed by atoms with E-state index >= 15 is 0 Å². The molecule has 0 radical (unpaired) electrons. The predicted octanol–water partition coefficient (Wildman–Crippen LogP) is 3.97. The van der Waals surface area contributed by atoms with E-state index < -0.39 is 5.63 Å². The highest BCUT2D eigenvalue weighted by molar-refractivity contribution is 6.29. The standard InChI is InChI=1S/C22H17NO3/c1-2-23-14-13-15-5-3-4-6-17(15)19(23)10-9-18-20(24)11-7-16-8-12-21(25)26-22(16)18/h3-14H,2H2,1H3/b18-9+,19-10-. The second-order valence-electron chi connectivity index (χ2n) is 6.06. The van der Waals surface area contributed by atoms with E-state index in [9.17, 15) is 9.59 Å². The lowest BCUT2D eigenvalue weighted by Crippen LogP contribution is -2.18. The number of hydrogen-bond donors (Lipinski definition) is 0. The van der Waals surface area contributed by atoms with E-state index in [-0.39, 0.29) is 5.78 Å². The van der Waals surface area contributed by atoms with Gasteiger partial charge in [-0.1, -0.05) is 24.3 Å². The van der Waals surface area contributed by atoms with Gasteiger partial charge in [-0.3, -0.25) is 4.79 Å². The lowest BCUT2D eigenvalue weighted by Gasteiger charge is -2.27. The van der Waals surface area contributed by atoms with Crippen LogP contribution in [-0.4, -0.2) is 17.2 Å². The van der Waals surface area contributed by atoms with Crippen molar-refractivity contribution in [1.29, 1.82) is 0 Å². The summed E-state index contributed by atoms with van der Waals surface area (Å²) >= 11 is 0. The molecule has 4 nitrogen and oxygen atoms in total. The first-order valence-corrected chi connectivity index (χ1v) is 8.50. The minimum absolute atomic E-state index is 0.175. The van der Waals surface area contributed by atoms with Crippen molar-refractivity contribution in [3.8, 4) is 0 Å². The Labute approximate surface area is 151 Å². The van der Waals surface area contributed by atoms with Crippen LogP contribution >= 0.6 is 0 Å². The molecule has 1 aliphatic heterocycles. The molecule has 2 aliphatic rings. The first-order chi connectivity index (χ1) is 12.7. The molecular weight excluding hydrogens is 326 g/mol. The van der Waals surface area contributed by atoms with Crippen molar-refractivity contribution in [3.05, 3.63) is 93.7 Å². The smallest absolute Gasteiger partial charge is 0.336 e. The van der Waals surface area contributed by atoms with E-state index in [1.807, 2.05) is 24.4 Å². The molecule has 0 saturated carbocycles. The highest BCUT2D eigenvalue weighted by Crippen LogP contribution is 2.31. The Hall–Kier alpha value is -3.40. The van der Waals surface area contributed by atoms with Crippen LogP contribution in [0.1, 0.15) is 29.4 Å². The zero-order valence-corrected chi connectivity index (χ0v) is 14.3. The molecule has 0 spiro atoms. The molecule has 2 heterocycles. The Morgan fingerprint density at radius 2 is 1.81 bits per heavy atom. The third kappa shape index (κ3) is 2.75. The molecule has 1 aromatic carbocycles. The topological polar surface area (TPSA) is 50.5 Å². The van der Waals surface area contributed by atoms with Crippen molar-refractivity contribution in [3.63, 3.8) is 0 Å². The van der Waals surface area contributed by atoms with E-state index in [1.165, 1.54) is 12.1 Å². The van der Waals surface area contributed by atoms with Crippen molar-refractivity contribution in [2.45, 2.75) is 6.92 Å². The van der Waals surface area contributed by atoms with Crippen LogP contribution in [0.2, 0.25) is 0 Å². The van der Waals surface area contributed by atoms with Crippen LogP contribution in [0.5, 0.6) is 0 Å². The van der Waals surface area contributed by atoms with Crippen molar-refractivity contribution in [2.75, 3.05) is 6.54 Å². The van der Waals surface area contributed by atoms with Gasteiger partial charge in [0.05, 0.1) is 5.57 Å². The summed E-state index contributed by atoms with van der Waals surface area (Å²) in [6, 6.07) is 11.1. The normalized spacial score (nSPS) is 18.3. The van der Waals surface area contributed by atoms with E-state index in [1.54, 1.807) is 18.2 Å². The number of nitrogens with zero attached hydrogens (tertiary/aromatic N) is 1. The van der Waals surface area contributed by atoms with Crippen molar-refractivity contribution >= 4 is 29.2 Å². The molecule has 0 amide bonds. The second kappa shape index (κ2) is 6.48. The first-order valence-electron chi connectivity index (χ1n) is 8.50. The lowest BCUT2D eigenvalue weighted by molar-refractivity contribution is -0.109. The zero-order chi connectivity index (χ0) is 18.1. The molecule has 0 atom stereocenters. The van der Waals surface area contributed by atoms with Gasteiger partial charge < -0.3 is 9.32 Å². The highest BCUT2D eigenvalue weighted by atomic mass is 16.4. The van der Waals surface area contributed by atoms with Crippen molar-refractivity contribution in [1.82, 2.24) is 4.90 Å². The summed E-state index contributed by atoms with van der Waals surface area (Å²) in [5.41, 5.74) is 3.87. The van der Waals surface area contributed by atoms with Gasteiger partial charge in [0.25, 0.3) is 0 Å². The van der Waals surface area contributed by atoms with Gasteiger partial charge in [0.2, 0.25) is 0 Å². The van der Waals surface area contributed by atoms with Gasteiger partial charge in [-0.05, 0) is 48.9 Å². The summed E-state index contributed by atoms with van der Waals surface area (Å²) in [5.74, 6) is 0.149. The lowest BCUT2D eigenvalue weighted by atomic mass is 9.96. The minimum Gasteiger partial charge on any atom is -0.422 e. The summed E-state index contributed by atoms with van der Waals surface area (Å²) in [5, 5.41) is 0. The van der Waals surface area contributed by atoms with Crippen LogP contribution < -0.4 is 5.63 Å². The summed E-state index contributed by atoms with van der Waals surface area (Å²) in [6.45, 7) is 2.88. The average molecular weight is 343 g/mol. The Bertz CT molecular complexity index is 1070. The summed E-state index contributed by atoms with van der Waals surface area (Å²) in [4.78, 5) is 26.1. The van der Waals surface area contributed by atoms with Crippen LogP contribution in [-0.2, 0) is 4.79 Å². The van der Waals surface area contributed by atoms with Gasteiger partial charge in [0.15, 0.2) is 5.78 Å². The van der Waals surface area contributed by atoms with E-state index in [4.69, 9.17) is 4.42 Å². The number of ketones is 1. The molecule has 0 bridgehead atoms. The summed E-state index contributed by atoms with van der Waals surface area (Å²) in [7, 11) is 0. The SMILES string of the molecule is CCN1C=Cc2ccccc2/C1=C/C=C1\C(=O)C=Cc2ccc(=O)oc21. The molecule has 0 saturated heterocycles. The van der Waals surface area contributed by atoms with E-state index in [0.717, 1.165) is 28.9 Å². The number of allylic oxidation sites excluding steroid dienone is 4. The largest absolute Gasteiger partial charge is 0.422 e. The maximum Gasteiger partial charge on any atom is 0.336 e. The van der Waals surface area contributed by atoms with Gasteiger partial charge in [-0.2, -0.15) is 0 Å². The maximum atomic E-state index is 12.4. The van der Waals surface area contributed by atoms with Crippen LogP contribution in [0.25, 0.3) is 23.4 Å². The molecule has 4 rings (SSSR count). The molecule has 4 heteroatoms. The number of benzene rings is 1. The fourth-order valence-corrected chi connectivity index (χ4v) is 3.20. The quantitative estimate of drug-likeness (QED) is 0.774. The highest BCUT2D eigenvalue weighted by Gasteiger charge is 2.20. The summed E-state index contributed by atoms with van der Waals surface area (Å²) in [6.07, 6.45) is 10.9. The third-order valence-corrected chi connectivity index (χ3v) is 4.52. The molecule has 0 N–H and O–H groups in total. The minimum atomic E-state index is -0.466. The third-order valence-electron chi connectivity index (χ3n) is 4.52. The molecule has 1 aromatic heterocycles. The van der Waals surface area contributed by atoms with Gasteiger partial charge in [-0.15, -0.1) is 0 Å². The Kier molecular flexibility index (Phi) is 4.01. The molecule has 2 aromatic rings. The van der Waals surface area contributed by atoms with E-state index in [2.05, 4.69) is 30.0 Å². The Morgan fingerprint density at radius 3 is 2.65 bits per heavy atom. The monoisotopic (exact) mass is 343 g/mol. The fourth-order valence-electron chi connectivity index (χ4n) is 3.20. The maximum absolute atomic E-state index is 12.4.